The van der Waals surface area contributed by atoms with Crippen molar-refractivity contribution in [1.82, 2.24) is 10.3 Å². The fourth-order valence-corrected chi connectivity index (χ4v) is 2.92. The van der Waals surface area contributed by atoms with Crippen molar-refractivity contribution in [3.8, 4) is 0 Å². The molecule has 19 heavy (non-hydrogen) atoms. The lowest BCUT2D eigenvalue weighted by molar-refractivity contribution is 0.459. The van der Waals surface area contributed by atoms with Gasteiger partial charge in [0.2, 0.25) is 0 Å². The lowest BCUT2D eigenvalue weighted by Gasteiger charge is -2.26. The average Bonchev–Trinajstić information content (AvgIpc) is 2.45. The van der Waals surface area contributed by atoms with Gasteiger partial charge in [-0.1, -0.05) is 30.3 Å². The van der Waals surface area contributed by atoms with E-state index >= 15 is 0 Å². The molecule has 1 aliphatic carbocycles. The normalized spacial score (nSPS) is 18.1. The molecule has 1 atom stereocenters. The van der Waals surface area contributed by atoms with Crippen molar-refractivity contribution >= 4 is 0 Å². The van der Waals surface area contributed by atoms with E-state index in [1.165, 1.54) is 41.5 Å². The molecule has 0 spiro atoms. The Hall–Kier alpha value is -1.67. The van der Waals surface area contributed by atoms with Gasteiger partial charge in [0.05, 0.1) is 0 Å². The Morgan fingerprint density at radius 1 is 1.26 bits per heavy atom. The Morgan fingerprint density at radius 3 is 3.05 bits per heavy atom. The number of rotatable bonds is 3. The van der Waals surface area contributed by atoms with Gasteiger partial charge < -0.3 is 5.32 Å². The molecule has 0 aliphatic heterocycles. The average molecular weight is 252 g/mol. The van der Waals surface area contributed by atoms with E-state index in [4.69, 9.17) is 0 Å². The summed E-state index contributed by atoms with van der Waals surface area (Å²) in [5.74, 6) is 0. The minimum absolute atomic E-state index is 0.491. The van der Waals surface area contributed by atoms with Crippen LogP contribution in [-0.4, -0.2) is 4.98 Å². The largest absolute Gasteiger partial charge is 0.306 e. The summed E-state index contributed by atoms with van der Waals surface area (Å²) in [6.45, 7) is 2.99. The molecule has 0 saturated carbocycles. The Balaban J connectivity index is 1.71. The lowest BCUT2D eigenvalue weighted by atomic mass is 9.87. The minimum Gasteiger partial charge on any atom is -0.306 e. The minimum atomic E-state index is 0.491. The molecule has 0 bridgehead atoms. The van der Waals surface area contributed by atoms with Gasteiger partial charge in [-0.15, -0.1) is 0 Å². The van der Waals surface area contributed by atoms with Gasteiger partial charge in [-0.05, 0) is 48.4 Å². The standard InChI is InChI=1S/C17H20N2/c1-13-9-14(11-18-10-13)12-19-17-8-4-6-15-5-2-3-7-16(15)17/h2-3,5,7,9-11,17,19H,4,6,8,12H2,1H3. The predicted molar refractivity (Wildman–Crippen MR) is 77.9 cm³/mol. The van der Waals surface area contributed by atoms with E-state index < -0.39 is 0 Å². The van der Waals surface area contributed by atoms with Gasteiger partial charge in [0, 0.05) is 25.0 Å². The molecule has 98 valence electrons. The first-order chi connectivity index (χ1) is 9.33. The second kappa shape index (κ2) is 5.54. The van der Waals surface area contributed by atoms with E-state index in [-0.39, 0.29) is 0 Å². The molecule has 0 amide bonds. The molecule has 0 fully saturated rings. The van der Waals surface area contributed by atoms with Crippen LogP contribution in [0.1, 0.15) is 41.1 Å². The molecular formula is C17H20N2. The summed E-state index contributed by atoms with van der Waals surface area (Å²) in [6, 6.07) is 11.5. The zero-order valence-electron chi connectivity index (χ0n) is 11.4. The second-order valence-electron chi connectivity index (χ2n) is 5.40. The molecule has 3 rings (SSSR count). The van der Waals surface area contributed by atoms with Gasteiger partial charge in [0.25, 0.3) is 0 Å². The van der Waals surface area contributed by atoms with Crippen LogP contribution < -0.4 is 5.32 Å². The molecule has 2 aromatic rings. The number of hydrogen-bond donors (Lipinski definition) is 1. The maximum Gasteiger partial charge on any atom is 0.0326 e. The number of hydrogen-bond acceptors (Lipinski definition) is 2. The summed E-state index contributed by atoms with van der Waals surface area (Å²) in [7, 11) is 0. The first-order valence-electron chi connectivity index (χ1n) is 7.04. The molecule has 1 aromatic carbocycles. The fraction of sp³-hybridized carbons (Fsp3) is 0.353. The molecule has 1 N–H and O–H groups in total. The van der Waals surface area contributed by atoms with E-state index in [2.05, 4.69) is 47.6 Å². The number of pyridine rings is 1. The summed E-state index contributed by atoms with van der Waals surface area (Å²) in [5.41, 5.74) is 5.48. The summed E-state index contributed by atoms with van der Waals surface area (Å²) in [5, 5.41) is 3.68. The van der Waals surface area contributed by atoms with E-state index in [0.29, 0.717) is 6.04 Å². The Morgan fingerprint density at radius 2 is 2.16 bits per heavy atom. The fourth-order valence-electron chi connectivity index (χ4n) is 2.92. The Labute approximate surface area is 114 Å². The highest BCUT2D eigenvalue weighted by Gasteiger charge is 2.18. The summed E-state index contributed by atoms with van der Waals surface area (Å²) >= 11 is 0. The van der Waals surface area contributed by atoms with Crippen LogP contribution in [-0.2, 0) is 13.0 Å². The number of nitrogens with one attached hydrogen (secondary N) is 1. The van der Waals surface area contributed by atoms with E-state index in [9.17, 15) is 0 Å². The molecule has 1 aromatic heterocycles. The quantitative estimate of drug-likeness (QED) is 0.903. The summed E-state index contributed by atoms with van der Waals surface area (Å²) in [6.07, 6.45) is 7.59. The van der Waals surface area contributed by atoms with Crippen molar-refractivity contribution in [2.75, 3.05) is 0 Å². The topological polar surface area (TPSA) is 24.9 Å². The molecule has 0 saturated heterocycles. The first-order valence-corrected chi connectivity index (χ1v) is 7.04. The Kier molecular flexibility index (Phi) is 3.60. The van der Waals surface area contributed by atoms with Gasteiger partial charge in [0.15, 0.2) is 0 Å². The van der Waals surface area contributed by atoms with Crippen LogP contribution in [0.15, 0.2) is 42.7 Å². The molecule has 1 aliphatic rings. The number of aromatic nitrogens is 1. The maximum atomic E-state index is 4.25. The van der Waals surface area contributed by atoms with E-state index in [0.717, 1.165) is 6.54 Å². The van der Waals surface area contributed by atoms with Crippen molar-refractivity contribution < 1.29 is 0 Å². The number of benzene rings is 1. The third-order valence-electron chi connectivity index (χ3n) is 3.85. The number of nitrogens with zero attached hydrogens (tertiary/aromatic N) is 1. The van der Waals surface area contributed by atoms with Crippen LogP contribution in [0.4, 0.5) is 0 Å². The third kappa shape index (κ3) is 2.85. The van der Waals surface area contributed by atoms with Crippen molar-refractivity contribution in [2.24, 2.45) is 0 Å². The highest BCUT2D eigenvalue weighted by molar-refractivity contribution is 5.32. The van der Waals surface area contributed by atoms with Crippen LogP contribution in [0.3, 0.4) is 0 Å². The third-order valence-corrected chi connectivity index (χ3v) is 3.85. The molecular weight excluding hydrogens is 232 g/mol. The van der Waals surface area contributed by atoms with Crippen LogP contribution in [0, 0.1) is 6.92 Å². The Bertz CT molecular complexity index is 563. The monoisotopic (exact) mass is 252 g/mol. The van der Waals surface area contributed by atoms with Gasteiger partial charge in [-0.25, -0.2) is 0 Å². The predicted octanol–water partition coefficient (Wildman–Crippen LogP) is 3.56. The first kappa shape index (κ1) is 12.4. The zero-order valence-corrected chi connectivity index (χ0v) is 11.4. The molecule has 1 heterocycles. The lowest BCUT2D eigenvalue weighted by Crippen LogP contribution is -2.24. The van der Waals surface area contributed by atoms with Gasteiger partial charge in [-0.2, -0.15) is 0 Å². The van der Waals surface area contributed by atoms with Crippen molar-refractivity contribution in [3.05, 3.63) is 65.0 Å². The SMILES string of the molecule is Cc1cncc(CNC2CCCc3ccccc32)c1. The smallest absolute Gasteiger partial charge is 0.0326 e. The summed E-state index contributed by atoms with van der Waals surface area (Å²) < 4.78 is 0. The van der Waals surface area contributed by atoms with Gasteiger partial charge in [0.1, 0.15) is 0 Å². The van der Waals surface area contributed by atoms with Crippen molar-refractivity contribution in [1.29, 1.82) is 0 Å². The van der Waals surface area contributed by atoms with Crippen LogP contribution in [0.25, 0.3) is 0 Å². The molecule has 1 unspecified atom stereocenters. The van der Waals surface area contributed by atoms with Crippen molar-refractivity contribution in [3.63, 3.8) is 0 Å². The highest BCUT2D eigenvalue weighted by atomic mass is 14.9. The van der Waals surface area contributed by atoms with Crippen molar-refractivity contribution in [2.45, 2.75) is 38.8 Å². The summed E-state index contributed by atoms with van der Waals surface area (Å²) in [4.78, 5) is 4.25. The maximum absolute atomic E-state index is 4.25. The van der Waals surface area contributed by atoms with E-state index in [1.807, 2.05) is 12.4 Å². The molecule has 0 radical (unpaired) electrons. The zero-order chi connectivity index (χ0) is 13.1. The van der Waals surface area contributed by atoms with Crippen LogP contribution >= 0.6 is 0 Å². The second-order valence-corrected chi connectivity index (χ2v) is 5.40. The van der Waals surface area contributed by atoms with Crippen LogP contribution in [0.5, 0.6) is 0 Å². The highest BCUT2D eigenvalue weighted by Crippen LogP contribution is 2.29. The van der Waals surface area contributed by atoms with Gasteiger partial charge in [-0.3, -0.25) is 4.98 Å². The number of fused-ring (bicyclic) bond motifs is 1. The molecule has 2 heteroatoms. The van der Waals surface area contributed by atoms with Crippen LogP contribution in [0.2, 0.25) is 0 Å². The van der Waals surface area contributed by atoms with E-state index in [1.54, 1.807) is 0 Å². The number of aryl methyl sites for hydroxylation is 2. The van der Waals surface area contributed by atoms with Gasteiger partial charge >= 0.3 is 0 Å². The molecule has 2 nitrogen and oxygen atoms in total.